The van der Waals surface area contributed by atoms with Gasteiger partial charge in [0.15, 0.2) is 11.2 Å². The van der Waals surface area contributed by atoms with E-state index in [-0.39, 0.29) is 23.7 Å². The highest BCUT2D eigenvalue weighted by molar-refractivity contribution is 9.10. The fourth-order valence-electron chi connectivity index (χ4n) is 3.24. The lowest BCUT2D eigenvalue weighted by Gasteiger charge is -2.09. The monoisotopic (exact) mass is 500 g/mol. The Morgan fingerprint density at radius 2 is 2.06 bits per heavy atom. The van der Waals surface area contributed by atoms with Crippen LogP contribution >= 0.6 is 15.9 Å². The van der Waals surface area contributed by atoms with E-state index in [0.29, 0.717) is 16.9 Å². The molecule has 0 aliphatic heterocycles. The van der Waals surface area contributed by atoms with Crippen LogP contribution in [0, 0.1) is 5.82 Å². The number of benzene rings is 2. The van der Waals surface area contributed by atoms with E-state index >= 15 is 0 Å². The molecule has 2 heterocycles. The van der Waals surface area contributed by atoms with Crippen molar-refractivity contribution in [2.24, 2.45) is 12.1 Å². The number of anilines is 1. The first-order valence-corrected chi connectivity index (χ1v) is 10.2. The van der Waals surface area contributed by atoms with Crippen LogP contribution in [0.3, 0.4) is 0 Å². The molecule has 32 heavy (non-hydrogen) atoms. The summed E-state index contributed by atoms with van der Waals surface area (Å²) in [5.41, 5.74) is 2.87. The Morgan fingerprint density at radius 3 is 2.81 bits per heavy atom. The predicted molar refractivity (Wildman–Crippen MR) is 123 cm³/mol. The SMILES string of the molecule is COc1ccc(Br)cc1C=NNc1nc2c(c(=O)[nH]c(=O)n2C)n1Cc1ccccc1F. The van der Waals surface area contributed by atoms with Crippen molar-refractivity contribution in [3.63, 3.8) is 0 Å². The van der Waals surface area contributed by atoms with Gasteiger partial charge < -0.3 is 4.74 Å². The highest BCUT2D eigenvalue weighted by Crippen LogP contribution is 2.22. The number of nitrogens with zero attached hydrogens (tertiary/aromatic N) is 4. The zero-order chi connectivity index (χ0) is 22.8. The second-order valence-corrected chi connectivity index (χ2v) is 7.78. The number of halogens is 2. The van der Waals surface area contributed by atoms with Crippen molar-refractivity contribution in [1.82, 2.24) is 19.1 Å². The number of ether oxygens (including phenoxy) is 1. The fourth-order valence-corrected chi connectivity index (χ4v) is 3.62. The van der Waals surface area contributed by atoms with Crippen LogP contribution in [0.25, 0.3) is 11.2 Å². The van der Waals surface area contributed by atoms with Crippen LogP contribution in [-0.2, 0) is 13.6 Å². The zero-order valence-corrected chi connectivity index (χ0v) is 18.7. The molecule has 9 nitrogen and oxygen atoms in total. The summed E-state index contributed by atoms with van der Waals surface area (Å²) in [4.78, 5) is 31.2. The maximum atomic E-state index is 14.3. The average Bonchev–Trinajstić information content (AvgIpc) is 3.13. The van der Waals surface area contributed by atoms with Gasteiger partial charge in [-0.15, -0.1) is 0 Å². The summed E-state index contributed by atoms with van der Waals surface area (Å²) >= 11 is 3.40. The molecule has 0 atom stereocenters. The van der Waals surface area contributed by atoms with Gasteiger partial charge in [-0.1, -0.05) is 34.1 Å². The average molecular weight is 501 g/mol. The summed E-state index contributed by atoms with van der Waals surface area (Å²) in [5.74, 6) is 0.349. The lowest BCUT2D eigenvalue weighted by molar-refractivity contribution is 0.414. The smallest absolute Gasteiger partial charge is 0.329 e. The molecular formula is C21H18BrFN6O3. The van der Waals surface area contributed by atoms with Crippen LogP contribution in [-0.4, -0.2) is 32.4 Å². The first-order valence-electron chi connectivity index (χ1n) is 9.44. The van der Waals surface area contributed by atoms with Gasteiger partial charge in [0.25, 0.3) is 5.56 Å². The minimum atomic E-state index is -0.627. The summed E-state index contributed by atoms with van der Waals surface area (Å²) in [6, 6.07) is 11.7. The number of nitrogens with one attached hydrogen (secondary N) is 2. The number of rotatable bonds is 6. The zero-order valence-electron chi connectivity index (χ0n) is 17.1. The second kappa shape index (κ2) is 8.79. The molecule has 0 spiro atoms. The maximum absolute atomic E-state index is 14.3. The molecule has 4 aromatic rings. The fraction of sp³-hybridized carbons (Fsp3) is 0.143. The van der Waals surface area contributed by atoms with Crippen LogP contribution in [0.4, 0.5) is 10.3 Å². The highest BCUT2D eigenvalue weighted by atomic mass is 79.9. The Hall–Kier alpha value is -3.73. The number of aryl methyl sites for hydroxylation is 1. The summed E-state index contributed by atoms with van der Waals surface area (Å²) in [6.45, 7) is 0.00250. The first-order chi connectivity index (χ1) is 15.4. The lowest BCUT2D eigenvalue weighted by atomic mass is 10.2. The van der Waals surface area contributed by atoms with Crippen molar-refractivity contribution in [3.8, 4) is 5.75 Å². The van der Waals surface area contributed by atoms with Crippen molar-refractivity contribution in [1.29, 1.82) is 0 Å². The number of hydrogen-bond donors (Lipinski definition) is 2. The number of aromatic nitrogens is 4. The number of methoxy groups -OCH3 is 1. The summed E-state index contributed by atoms with van der Waals surface area (Å²) < 4.78 is 23.2. The Bertz CT molecular complexity index is 1460. The molecule has 11 heteroatoms. The van der Waals surface area contributed by atoms with Crippen LogP contribution in [0.5, 0.6) is 5.75 Å². The van der Waals surface area contributed by atoms with Gasteiger partial charge in [-0.3, -0.25) is 18.9 Å². The lowest BCUT2D eigenvalue weighted by Crippen LogP contribution is -2.29. The Kier molecular flexibility index (Phi) is 5.91. The standard InChI is InChI=1S/C21H18BrFN6O3/c1-28-18-17(19(30)26-21(28)31)29(11-12-5-3-4-6-15(12)23)20(25-18)27-24-10-13-9-14(22)7-8-16(13)32-2/h3-10H,11H2,1-2H3,(H,25,27)(H,26,30,31). The topological polar surface area (TPSA) is 106 Å². The Morgan fingerprint density at radius 1 is 1.28 bits per heavy atom. The van der Waals surface area contributed by atoms with Crippen molar-refractivity contribution in [2.75, 3.05) is 12.5 Å². The van der Waals surface area contributed by atoms with Crippen molar-refractivity contribution in [3.05, 3.63) is 84.7 Å². The van der Waals surface area contributed by atoms with Crippen LogP contribution in [0.15, 0.2) is 61.6 Å². The summed E-state index contributed by atoms with van der Waals surface area (Å²) in [5, 5.41) is 4.21. The number of H-pyrrole nitrogens is 1. The van der Waals surface area contributed by atoms with Gasteiger partial charge in [0, 0.05) is 22.6 Å². The van der Waals surface area contributed by atoms with E-state index in [0.717, 1.165) is 4.47 Å². The van der Waals surface area contributed by atoms with E-state index in [2.05, 4.69) is 36.4 Å². The van der Waals surface area contributed by atoms with Gasteiger partial charge in [0.1, 0.15) is 11.6 Å². The van der Waals surface area contributed by atoms with E-state index < -0.39 is 17.1 Å². The number of imidazole rings is 1. The maximum Gasteiger partial charge on any atom is 0.329 e. The van der Waals surface area contributed by atoms with Gasteiger partial charge in [0.2, 0.25) is 5.95 Å². The molecule has 0 amide bonds. The third kappa shape index (κ3) is 4.06. The normalized spacial score (nSPS) is 11.4. The number of aromatic amines is 1. The van der Waals surface area contributed by atoms with E-state index in [1.165, 1.54) is 28.5 Å². The summed E-state index contributed by atoms with van der Waals surface area (Å²) in [7, 11) is 3.04. The van der Waals surface area contributed by atoms with Crippen molar-refractivity contribution >= 4 is 39.3 Å². The molecule has 0 bridgehead atoms. The molecule has 0 saturated carbocycles. The third-order valence-electron chi connectivity index (χ3n) is 4.85. The van der Waals surface area contributed by atoms with Gasteiger partial charge in [0.05, 0.1) is 19.9 Å². The largest absolute Gasteiger partial charge is 0.496 e. The van der Waals surface area contributed by atoms with Crippen molar-refractivity contribution in [2.45, 2.75) is 6.54 Å². The van der Waals surface area contributed by atoms with E-state index in [4.69, 9.17) is 4.74 Å². The number of hydrazone groups is 1. The molecule has 164 valence electrons. The van der Waals surface area contributed by atoms with Gasteiger partial charge in [-0.25, -0.2) is 14.6 Å². The number of hydrogen-bond acceptors (Lipinski definition) is 6. The molecule has 0 fully saturated rings. The van der Waals surface area contributed by atoms with Gasteiger partial charge >= 0.3 is 5.69 Å². The van der Waals surface area contributed by atoms with E-state index in [1.54, 1.807) is 31.4 Å². The van der Waals surface area contributed by atoms with E-state index in [9.17, 15) is 14.0 Å². The predicted octanol–water partition coefficient (Wildman–Crippen LogP) is 2.83. The quantitative estimate of drug-likeness (QED) is 0.312. The van der Waals surface area contributed by atoms with Crippen molar-refractivity contribution < 1.29 is 9.13 Å². The molecular weight excluding hydrogens is 483 g/mol. The molecule has 0 saturated heterocycles. The highest BCUT2D eigenvalue weighted by Gasteiger charge is 2.18. The first kappa shape index (κ1) is 21.5. The number of fused-ring (bicyclic) bond motifs is 1. The summed E-state index contributed by atoms with van der Waals surface area (Å²) in [6.07, 6.45) is 1.53. The Labute approximate surface area is 189 Å². The molecule has 0 radical (unpaired) electrons. The molecule has 2 aromatic carbocycles. The molecule has 0 aliphatic carbocycles. The molecule has 4 rings (SSSR count). The van der Waals surface area contributed by atoms with Crippen LogP contribution < -0.4 is 21.4 Å². The van der Waals surface area contributed by atoms with E-state index in [1.807, 2.05) is 12.1 Å². The minimum absolute atomic E-state index is 0.00250. The molecule has 0 unspecified atom stereocenters. The van der Waals surface area contributed by atoms with Gasteiger partial charge in [-0.2, -0.15) is 10.1 Å². The minimum Gasteiger partial charge on any atom is -0.496 e. The van der Waals surface area contributed by atoms with Crippen LogP contribution in [0.1, 0.15) is 11.1 Å². The third-order valence-corrected chi connectivity index (χ3v) is 5.35. The van der Waals surface area contributed by atoms with Crippen LogP contribution in [0.2, 0.25) is 0 Å². The molecule has 2 N–H and O–H groups in total. The van der Waals surface area contributed by atoms with Gasteiger partial charge in [-0.05, 0) is 24.3 Å². The second-order valence-electron chi connectivity index (χ2n) is 6.86. The molecule has 0 aliphatic rings. The Balaban J connectivity index is 1.80. The molecule has 2 aromatic heterocycles.